The number of rotatable bonds is 5. The van der Waals surface area contributed by atoms with Gasteiger partial charge in [0.15, 0.2) is 0 Å². The summed E-state index contributed by atoms with van der Waals surface area (Å²) < 4.78 is 16.0. The molecule has 0 aliphatic rings. The van der Waals surface area contributed by atoms with Gasteiger partial charge in [-0.25, -0.2) is 4.39 Å². The zero-order chi connectivity index (χ0) is 21.5. The summed E-state index contributed by atoms with van der Waals surface area (Å²) in [5.74, 6) is -1.10. The van der Waals surface area contributed by atoms with Crippen molar-refractivity contribution in [3.05, 3.63) is 67.5 Å². The number of nitro groups is 1. The Balaban J connectivity index is 1.92. The minimum absolute atomic E-state index is 0.151. The molecule has 11 heteroatoms. The van der Waals surface area contributed by atoms with Crippen molar-refractivity contribution in [2.24, 2.45) is 7.05 Å². The molecule has 0 aliphatic carbocycles. The zero-order valence-electron chi connectivity index (χ0n) is 16.2. The lowest BCUT2D eigenvalue weighted by Gasteiger charge is -2.08. The molecule has 152 valence electrons. The zero-order valence-corrected chi connectivity index (χ0v) is 16.9. The Kier molecular flexibility index (Phi) is 5.38. The van der Waals surface area contributed by atoms with Gasteiger partial charge in [-0.3, -0.25) is 24.3 Å². The molecule has 0 unspecified atom stereocenters. The third kappa shape index (κ3) is 3.83. The quantitative estimate of drug-likeness (QED) is 0.501. The van der Waals surface area contributed by atoms with Crippen LogP contribution in [0.1, 0.15) is 33.1 Å². The number of carbonyl (C=O) groups is 1. The van der Waals surface area contributed by atoms with Gasteiger partial charge in [0.25, 0.3) is 5.91 Å². The maximum atomic E-state index is 13.3. The number of hydrogen-bond donors (Lipinski definition) is 1. The van der Waals surface area contributed by atoms with Gasteiger partial charge in [-0.15, -0.1) is 0 Å². The Morgan fingerprint density at radius 2 is 1.97 bits per heavy atom. The van der Waals surface area contributed by atoms with E-state index in [1.807, 2.05) is 0 Å². The topological polar surface area (TPSA) is 108 Å². The summed E-state index contributed by atoms with van der Waals surface area (Å²) in [5, 5.41) is 22.6. The lowest BCUT2D eigenvalue weighted by molar-refractivity contribution is -0.385. The van der Waals surface area contributed by atoms with Crippen LogP contribution in [0.4, 0.5) is 15.8 Å². The van der Waals surface area contributed by atoms with E-state index >= 15 is 0 Å². The van der Waals surface area contributed by atoms with E-state index in [-0.39, 0.29) is 28.6 Å². The summed E-state index contributed by atoms with van der Waals surface area (Å²) in [4.78, 5) is 23.5. The van der Waals surface area contributed by atoms with Crippen molar-refractivity contribution in [1.29, 1.82) is 0 Å². The van der Waals surface area contributed by atoms with Gasteiger partial charge in [0, 0.05) is 12.1 Å². The first-order chi connectivity index (χ1) is 13.6. The van der Waals surface area contributed by atoms with Crippen LogP contribution in [0.2, 0.25) is 5.02 Å². The van der Waals surface area contributed by atoms with Crippen molar-refractivity contribution >= 4 is 28.9 Å². The SMILES string of the molecule is Cc1nn(Cc2ccc(F)cc2Cl)c(C)c1NC(=O)c1c([N+](=O)[O-])c(C)nn1C. The average Bonchev–Trinajstić information content (AvgIpc) is 3.07. The second-order valence-electron chi connectivity index (χ2n) is 6.56. The molecule has 0 atom stereocenters. The van der Waals surface area contributed by atoms with Crippen LogP contribution in [-0.4, -0.2) is 30.4 Å². The van der Waals surface area contributed by atoms with E-state index in [4.69, 9.17) is 11.6 Å². The number of aromatic nitrogens is 4. The predicted molar refractivity (Wildman–Crippen MR) is 105 cm³/mol. The number of carbonyl (C=O) groups excluding carboxylic acids is 1. The maximum Gasteiger partial charge on any atom is 0.322 e. The van der Waals surface area contributed by atoms with Gasteiger partial charge < -0.3 is 5.32 Å². The van der Waals surface area contributed by atoms with Crippen LogP contribution in [-0.2, 0) is 13.6 Å². The van der Waals surface area contributed by atoms with Crippen LogP contribution in [0.5, 0.6) is 0 Å². The molecule has 2 aromatic heterocycles. The van der Waals surface area contributed by atoms with E-state index in [2.05, 4.69) is 15.5 Å². The molecule has 0 bridgehead atoms. The van der Waals surface area contributed by atoms with E-state index in [1.54, 1.807) is 24.6 Å². The number of benzene rings is 1. The summed E-state index contributed by atoms with van der Waals surface area (Å²) in [6, 6.07) is 4.09. The molecule has 29 heavy (non-hydrogen) atoms. The Bertz CT molecular complexity index is 1140. The third-order valence-electron chi connectivity index (χ3n) is 4.54. The lowest BCUT2D eigenvalue weighted by atomic mass is 10.2. The van der Waals surface area contributed by atoms with Gasteiger partial charge in [-0.1, -0.05) is 17.7 Å². The first-order valence-corrected chi connectivity index (χ1v) is 8.95. The number of anilines is 1. The highest BCUT2D eigenvalue weighted by Crippen LogP contribution is 2.27. The lowest BCUT2D eigenvalue weighted by Crippen LogP contribution is -2.18. The minimum Gasteiger partial charge on any atom is -0.317 e. The molecule has 1 aromatic carbocycles. The van der Waals surface area contributed by atoms with Crippen molar-refractivity contribution in [2.75, 3.05) is 5.32 Å². The fourth-order valence-electron chi connectivity index (χ4n) is 3.14. The Morgan fingerprint density at radius 1 is 1.28 bits per heavy atom. The molecule has 0 radical (unpaired) electrons. The van der Waals surface area contributed by atoms with Crippen molar-refractivity contribution in [2.45, 2.75) is 27.3 Å². The average molecular weight is 421 g/mol. The first kappa shape index (κ1) is 20.5. The molecule has 3 aromatic rings. The highest BCUT2D eigenvalue weighted by Gasteiger charge is 2.30. The van der Waals surface area contributed by atoms with Crippen molar-refractivity contribution < 1.29 is 14.1 Å². The summed E-state index contributed by atoms with van der Waals surface area (Å²) in [5.41, 5.74) is 1.90. The fourth-order valence-corrected chi connectivity index (χ4v) is 3.36. The van der Waals surface area contributed by atoms with Crippen LogP contribution in [0.3, 0.4) is 0 Å². The number of halogens is 2. The smallest absolute Gasteiger partial charge is 0.317 e. The predicted octanol–water partition coefficient (Wildman–Crippen LogP) is 3.54. The highest BCUT2D eigenvalue weighted by atomic mass is 35.5. The maximum absolute atomic E-state index is 13.3. The van der Waals surface area contributed by atoms with Gasteiger partial charge in [0.2, 0.25) is 5.69 Å². The number of amides is 1. The van der Waals surface area contributed by atoms with E-state index in [9.17, 15) is 19.3 Å². The van der Waals surface area contributed by atoms with Gasteiger partial charge in [-0.05, 0) is 38.5 Å². The second-order valence-corrected chi connectivity index (χ2v) is 6.96. The van der Waals surface area contributed by atoms with Crippen LogP contribution in [0, 0.1) is 36.7 Å². The molecule has 2 heterocycles. The van der Waals surface area contributed by atoms with Crippen molar-refractivity contribution in [3.8, 4) is 0 Å². The van der Waals surface area contributed by atoms with Gasteiger partial charge in [0.05, 0.1) is 28.5 Å². The normalized spacial score (nSPS) is 11.0. The van der Waals surface area contributed by atoms with Crippen molar-refractivity contribution in [3.63, 3.8) is 0 Å². The number of aryl methyl sites for hydroxylation is 3. The third-order valence-corrected chi connectivity index (χ3v) is 4.90. The molecular weight excluding hydrogens is 403 g/mol. The summed E-state index contributed by atoms with van der Waals surface area (Å²) >= 11 is 6.09. The molecule has 1 amide bonds. The van der Waals surface area contributed by atoms with Gasteiger partial charge in [-0.2, -0.15) is 10.2 Å². The van der Waals surface area contributed by atoms with Crippen LogP contribution in [0.25, 0.3) is 0 Å². The van der Waals surface area contributed by atoms with E-state index in [0.29, 0.717) is 22.6 Å². The second kappa shape index (κ2) is 7.63. The van der Waals surface area contributed by atoms with Crippen LogP contribution < -0.4 is 5.32 Å². The molecule has 9 nitrogen and oxygen atoms in total. The molecule has 0 aliphatic heterocycles. The first-order valence-electron chi connectivity index (χ1n) is 8.57. The van der Waals surface area contributed by atoms with E-state index in [1.165, 1.54) is 30.8 Å². The molecule has 0 saturated carbocycles. The Hall–Kier alpha value is -3.27. The molecule has 1 N–H and O–H groups in total. The van der Waals surface area contributed by atoms with Crippen LogP contribution in [0.15, 0.2) is 18.2 Å². The number of nitrogens with one attached hydrogen (secondary N) is 1. The molecule has 0 spiro atoms. The minimum atomic E-state index is -0.662. The molecular formula is C18H18ClFN6O3. The van der Waals surface area contributed by atoms with Crippen LogP contribution >= 0.6 is 11.6 Å². The Labute approximate surface area is 170 Å². The summed E-state index contributed by atoms with van der Waals surface area (Å²) in [6.07, 6.45) is 0. The van der Waals surface area contributed by atoms with Crippen molar-refractivity contribution in [1.82, 2.24) is 19.6 Å². The molecule has 3 rings (SSSR count). The van der Waals surface area contributed by atoms with Gasteiger partial charge >= 0.3 is 5.69 Å². The standard InChI is InChI=1S/C18H18ClFN6O3/c1-9-15(21-18(27)17-16(26(28)29)10(2)22-24(17)4)11(3)25(23-9)8-12-5-6-13(20)7-14(12)19/h5-7H,8H2,1-4H3,(H,21,27). The number of hydrogen-bond acceptors (Lipinski definition) is 5. The van der Waals surface area contributed by atoms with E-state index in [0.717, 1.165) is 0 Å². The summed E-state index contributed by atoms with van der Waals surface area (Å²) in [6.45, 7) is 5.19. The Morgan fingerprint density at radius 3 is 2.59 bits per heavy atom. The largest absolute Gasteiger partial charge is 0.322 e. The highest BCUT2D eigenvalue weighted by molar-refractivity contribution is 6.31. The monoisotopic (exact) mass is 420 g/mol. The molecule has 0 saturated heterocycles. The fraction of sp³-hybridized carbons (Fsp3) is 0.278. The molecule has 0 fully saturated rings. The number of nitrogens with zero attached hydrogens (tertiary/aromatic N) is 5. The van der Waals surface area contributed by atoms with Gasteiger partial charge in [0.1, 0.15) is 11.5 Å². The van der Waals surface area contributed by atoms with E-state index < -0.39 is 16.6 Å². The summed E-state index contributed by atoms with van der Waals surface area (Å²) in [7, 11) is 1.47.